The lowest BCUT2D eigenvalue weighted by atomic mass is 10.0. The molecule has 0 saturated carbocycles. The van der Waals surface area contributed by atoms with Crippen molar-refractivity contribution in [1.29, 1.82) is 0 Å². The Morgan fingerprint density at radius 1 is 0.542 bits per heavy atom. The maximum absolute atomic E-state index is 3.91. The molecule has 0 aliphatic carbocycles. The second kappa shape index (κ2) is 15.7. The molecule has 1 aromatic rings. The molecule has 0 fully saturated rings. The SMILES string of the molecule is [CH2]CCCCCCCc1ccc(CCCCCCCCCC)cc1. The molecule has 1 aromatic carbocycles. The van der Waals surface area contributed by atoms with Crippen molar-refractivity contribution >= 4 is 0 Å². The first-order valence-electron chi connectivity index (χ1n) is 10.7. The molecule has 0 amide bonds. The van der Waals surface area contributed by atoms with Crippen LogP contribution in [0.1, 0.15) is 108 Å². The van der Waals surface area contributed by atoms with Crippen molar-refractivity contribution in [3.63, 3.8) is 0 Å². The van der Waals surface area contributed by atoms with Crippen molar-refractivity contribution in [2.75, 3.05) is 0 Å². The molecule has 0 aliphatic heterocycles. The number of benzene rings is 1. The minimum atomic E-state index is 1.10. The third-order valence-electron chi connectivity index (χ3n) is 5.06. The molecule has 0 saturated heterocycles. The summed E-state index contributed by atoms with van der Waals surface area (Å²) < 4.78 is 0. The van der Waals surface area contributed by atoms with Crippen LogP contribution in [0.5, 0.6) is 0 Å². The molecular weight excluding hydrogens is 288 g/mol. The van der Waals surface area contributed by atoms with Crippen molar-refractivity contribution in [3.8, 4) is 0 Å². The van der Waals surface area contributed by atoms with Crippen LogP contribution in [-0.2, 0) is 12.8 Å². The Balaban J connectivity index is 2.01. The van der Waals surface area contributed by atoms with Gasteiger partial charge in [0.15, 0.2) is 0 Å². The van der Waals surface area contributed by atoms with Crippen LogP contribution < -0.4 is 0 Å². The van der Waals surface area contributed by atoms with Gasteiger partial charge >= 0.3 is 0 Å². The molecule has 24 heavy (non-hydrogen) atoms. The molecule has 0 nitrogen and oxygen atoms in total. The van der Waals surface area contributed by atoms with Crippen molar-refractivity contribution in [2.45, 2.75) is 110 Å². The molecule has 1 rings (SSSR count). The van der Waals surface area contributed by atoms with Crippen molar-refractivity contribution in [3.05, 3.63) is 42.3 Å². The van der Waals surface area contributed by atoms with Crippen LogP contribution in [0, 0.1) is 6.92 Å². The topological polar surface area (TPSA) is 0 Å². The first kappa shape index (κ1) is 21.3. The number of rotatable bonds is 16. The minimum absolute atomic E-state index is 1.10. The van der Waals surface area contributed by atoms with Gasteiger partial charge in [-0.3, -0.25) is 0 Å². The van der Waals surface area contributed by atoms with Gasteiger partial charge in [-0.05, 0) is 36.8 Å². The maximum atomic E-state index is 3.91. The van der Waals surface area contributed by atoms with Gasteiger partial charge in [-0.1, -0.05) is 115 Å². The van der Waals surface area contributed by atoms with Gasteiger partial charge in [0.25, 0.3) is 0 Å². The van der Waals surface area contributed by atoms with Crippen LogP contribution in [0.25, 0.3) is 0 Å². The lowest BCUT2D eigenvalue weighted by Gasteiger charge is -2.05. The monoisotopic (exact) mass is 329 g/mol. The smallest absolute Gasteiger partial charge is 0.0279 e. The Morgan fingerprint density at radius 2 is 0.917 bits per heavy atom. The molecule has 137 valence electrons. The average molecular weight is 330 g/mol. The Morgan fingerprint density at radius 3 is 1.33 bits per heavy atom. The summed E-state index contributed by atoms with van der Waals surface area (Å²) >= 11 is 0. The molecule has 0 heteroatoms. The number of unbranched alkanes of at least 4 members (excludes halogenated alkanes) is 12. The Hall–Kier alpha value is -0.780. The van der Waals surface area contributed by atoms with Gasteiger partial charge in [0.1, 0.15) is 0 Å². The summed E-state index contributed by atoms with van der Waals surface area (Å²) in [6.07, 6.45) is 21.7. The van der Waals surface area contributed by atoms with Crippen LogP contribution in [-0.4, -0.2) is 0 Å². The van der Waals surface area contributed by atoms with Gasteiger partial charge in [-0.2, -0.15) is 0 Å². The fourth-order valence-electron chi connectivity index (χ4n) is 3.37. The molecule has 0 atom stereocenters. The Kier molecular flexibility index (Phi) is 13.9. The normalized spacial score (nSPS) is 11.1. The van der Waals surface area contributed by atoms with E-state index < -0.39 is 0 Å². The first-order valence-corrected chi connectivity index (χ1v) is 10.7. The van der Waals surface area contributed by atoms with Gasteiger partial charge in [-0.15, -0.1) is 0 Å². The molecule has 0 N–H and O–H groups in total. The fraction of sp³-hybridized carbons (Fsp3) is 0.708. The van der Waals surface area contributed by atoms with E-state index in [1.807, 2.05) is 0 Å². The van der Waals surface area contributed by atoms with Crippen LogP contribution in [0.2, 0.25) is 0 Å². The van der Waals surface area contributed by atoms with Crippen LogP contribution in [0.4, 0.5) is 0 Å². The third-order valence-corrected chi connectivity index (χ3v) is 5.06. The van der Waals surface area contributed by atoms with Gasteiger partial charge in [0.2, 0.25) is 0 Å². The van der Waals surface area contributed by atoms with E-state index in [2.05, 4.69) is 38.1 Å². The lowest BCUT2D eigenvalue weighted by Crippen LogP contribution is -1.90. The van der Waals surface area contributed by atoms with E-state index >= 15 is 0 Å². The summed E-state index contributed by atoms with van der Waals surface area (Å²) in [5, 5.41) is 0. The molecule has 0 spiro atoms. The second-order valence-corrected chi connectivity index (χ2v) is 7.41. The highest BCUT2D eigenvalue weighted by molar-refractivity contribution is 5.22. The van der Waals surface area contributed by atoms with E-state index in [9.17, 15) is 0 Å². The molecule has 0 unspecified atom stereocenters. The molecule has 0 aliphatic rings. The third kappa shape index (κ3) is 11.7. The number of hydrogen-bond donors (Lipinski definition) is 0. The highest BCUT2D eigenvalue weighted by Crippen LogP contribution is 2.14. The maximum Gasteiger partial charge on any atom is -0.0279 e. The lowest BCUT2D eigenvalue weighted by molar-refractivity contribution is 0.575. The fourth-order valence-corrected chi connectivity index (χ4v) is 3.37. The number of aryl methyl sites for hydroxylation is 2. The summed E-state index contributed by atoms with van der Waals surface area (Å²) in [5.41, 5.74) is 3.05. The van der Waals surface area contributed by atoms with E-state index in [0.29, 0.717) is 0 Å². The van der Waals surface area contributed by atoms with E-state index in [4.69, 9.17) is 0 Å². The summed E-state index contributed by atoms with van der Waals surface area (Å²) in [5.74, 6) is 0. The standard InChI is InChI=1S/C24H41/c1-3-5-7-9-11-12-14-16-18-24-21-19-23(20-22-24)17-15-13-10-8-6-4-2/h19-22H,2-18H2,1H3. The Bertz CT molecular complexity index is 362. The predicted molar refractivity (Wildman–Crippen MR) is 110 cm³/mol. The highest BCUT2D eigenvalue weighted by atomic mass is 14.0. The first-order chi connectivity index (χ1) is 11.9. The van der Waals surface area contributed by atoms with Crippen LogP contribution in [0.3, 0.4) is 0 Å². The van der Waals surface area contributed by atoms with E-state index in [1.165, 1.54) is 107 Å². The Labute approximate surface area is 152 Å². The van der Waals surface area contributed by atoms with Crippen molar-refractivity contribution in [2.24, 2.45) is 0 Å². The van der Waals surface area contributed by atoms with Gasteiger partial charge in [-0.25, -0.2) is 0 Å². The van der Waals surface area contributed by atoms with Gasteiger partial charge in [0, 0.05) is 0 Å². The molecule has 0 bridgehead atoms. The summed E-state index contributed by atoms with van der Waals surface area (Å²) in [7, 11) is 0. The van der Waals surface area contributed by atoms with E-state index in [1.54, 1.807) is 0 Å². The van der Waals surface area contributed by atoms with Gasteiger partial charge < -0.3 is 0 Å². The summed E-state index contributed by atoms with van der Waals surface area (Å²) in [4.78, 5) is 0. The summed E-state index contributed by atoms with van der Waals surface area (Å²) in [6, 6.07) is 9.44. The van der Waals surface area contributed by atoms with Gasteiger partial charge in [0.05, 0.1) is 0 Å². The van der Waals surface area contributed by atoms with Crippen LogP contribution in [0.15, 0.2) is 24.3 Å². The molecule has 0 heterocycles. The average Bonchev–Trinajstić information content (AvgIpc) is 2.61. The quantitative estimate of drug-likeness (QED) is 0.269. The zero-order valence-corrected chi connectivity index (χ0v) is 16.3. The summed E-state index contributed by atoms with van der Waals surface area (Å²) in [6.45, 7) is 6.19. The van der Waals surface area contributed by atoms with E-state index in [-0.39, 0.29) is 0 Å². The molecular formula is C24H41. The highest BCUT2D eigenvalue weighted by Gasteiger charge is 1.97. The largest absolute Gasteiger partial charge is 0.0654 e. The van der Waals surface area contributed by atoms with Crippen molar-refractivity contribution in [1.82, 2.24) is 0 Å². The molecule has 0 aromatic heterocycles. The molecule has 1 radical (unpaired) electrons. The van der Waals surface area contributed by atoms with E-state index in [0.717, 1.165) is 6.42 Å². The minimum Gasteiger partial charge on any atom is -0.0654 e. The zero-order valence-electron chi connectivity index (χ0n) is 16.3. The predicted octanol–water partition coefficient (Wildman–Crippen LogP) is 8.09. The van der Waals surface area contributed by atoms with Crippen molar-refractivity contribution < 1.29 is 0 Å². The van der Waals surface area contributed by atoms with Crippen LogP contribution >= 0.6 is 0 Å². The zero-order chi connectivity index (χ0) is 17.3. The second-order valence-electron chi connectivity index (χ2n) is 7.41. The number of hydrogen-bond acceptors (Lipinski definition) is 0.